The van der Waals surface area contributed by atoms with Crippen LogP contribution in [0.2, 0.25) is 0 Å². The van der Waals surface area contributed by atoms with E-state index in [1.165, 1.54) is 0 Å². The summed E-state index contributed by atoms with van der Waals surface area (Å²) in [6.07, 6.45) is 0. The second-order valence-corrected chi connectivity index (χ2v) is 22.6. The Morgan fingerprint density at radius 2 is 0.718 bits per heavy atom. The van der Waals surface area contributed by atoms with E-state index in [0.29, 0.717) is 22.7 Å². The smallest absolute Gasteiger partial charge is 0.0645 e. The minimum atomic E-state index is -0.469. The normalized spacial score (nSPS) is 14.3. The number of hydrogen-bond donors (Lipinski definition) is 0. The molecule has 0 aliphatic carbocycles. The van der Waals surface area contributed by atoms with Crippen LogP contribution in [0.3, 0.4) is 0 Å². The Morgan fingerprint density at radius 1 is 0.333 bits per heavy atom. The Balaban J connectivity index is 1.05. The fourth-order valence-corrected chi connectivity index (χ4v) is 12.4. The minimum absolute atomic E-state index is 0.0404. The first-order valence-electron chi connectivity index (χ1n) is 31.6. The van der Waals surface area contributed by atoms with E-state index in [9.17, 15) is 5.48 Å². The average molecular weight is 1010 g/mol. The number of nitrogens with zero attached hydrogens (tertiary/aromatic N) is 4. The van der Waals surface area contributed by atoms with Crippen molar-refractivity contribution < 1.29 is 13.7 Å². The van der Waals surface area contributed by atoms with Crippen LogP contribution in [0.4, 0.5) is 34.1 Å². The van der Waals surface area contributed by atoms with Crippen LogP contribution in [0.25, 0.3) is 98.4 Å². The third-order valence-corrected chi connectivity index (χ3v) is 16.0. The Morgan fingerprint density at radius 3 is 1.12 bits per heavy atom. The molecule has 4 aromatic heterocycles. The van der Waals surface area contributed by atoms with E-state index < -0.39 is 36.3 Å². The average Bonchev–Trinajstić information content (AvgIpc) is 1.52. The van der Waals surface area contributed by atoms with Gasteiger partial charge in [0.1, 0.15) is 0 Å². The third-order valence-electron chi connectivity index (χ3n) is 16.0. The summed E-state index contributed by atoms with van der Waals surface area (Å²) in [4.78, 5) is 3.81. The summed E-state index contributed by atoms with van der Waals surface area (Å²) >= 11 is 0. The maximum absolute atomic E-state index is 9.66. The molecule has 0 aliphatic rings. The molecule has 0 fully saturated rings. The molecule has 0 unspecified atom stereocenters. The molecule has 0 radical (unpaired) electrons. The van der Waals surface area contributed by atoms with Crippen molar-refractivity contribution in [2.45, 2.75) is 52.4 Å². The van der Waals surface area contributed by atoms with Gasteiger partial charge in [0.15, 0.2) is 0 Å². The van der Waals surface area contributed by atoms with Gasteiger partial charge in [0.25, 0.3) is 0 Å². The molecular formula is C74H58N4. The maximum Gasteiger partial charge on any atom is 0.0645 e. The fraction of sp³-hybridized carbons (Fsp3) is 0.108. The van der Waals surface area contributed by atoms with Crippen LogP contribution < -0.4 is 9.80 Å². The molecule has 4 heterocycles. The zero-order valence-corrected chi connectivity index (χ0v) is 44.1. The molecule has 0 aliphatic heterocycles. The lowest BCUT2D eigenvalue weighted by Gasteiger charge is -2.31. The first kappa shape index (κ1) is 36.6. The predicted octanol–water partition coefficient (Wildman–Crippen LogP) is 20.9. The van der Waals surface area contributed by atoms with Gasteiger partial charge in [0.2, 0.25) is 0 Å². The highest BCUT2D eigenvalue weighted by molar-refractivity contribution is 6.32. The molecule has 0 spiro atoms. The highest BCUT2D eigenvalue weighted by atomic mass is 15.2. The van der Waals surface area contributed by atoms with Crippen LogP contribution in [-0.2, 0) is 10.8 Å². The monoisotopic (exact) mass is 1010 g/mol. The number of hydrogen-bond acceptors (Lipinski definition) is 2. The lowest BCUT2D eigenvalue weighted by atomic mass is 9.85. The summed E-state index contributed by atoms with van der Waals surface area (Å²) in [5.41, 5.74) is 13.2. The Labute approximate surface area is 469 Å². The van der Waals surface area contributed by atoms with Gasteiger partial charge in [-0.1, -0.05) is 211 Å². The standard InChI is InChI=1S/C74H58N4/c1-73(2,3)49-35-37-53(47-23-11-7-12-24-47)65(43-49)75(51-27-15-9-16-28-51)63-41-39-55-59-45-68-60(46-67(59)77-61-33-21-19-31-57(61)69(63)71(55)77)56-40-42-64(70-58-32-20-22-34-62(58)78(68)72(56)70)76(52-29-17-10-18-30-52)66-44-50(74(4,5)6)36-38-54(66)48-25-13-8-14-26-48/h7-46H,1-6H3/i9D,10D,15D,16D,17D,18D,27D,28D,29D,30D. The van der Waals surface area contributed by atoms with Gasteiger partial charge in [0.05, 0.1) is 69.6 Å². The number of benzene rings is 11. The number of para-hydroxylation sites is 4. The molecule has 78 heavy (non-hydrogen) atoms. The predicted molar refractivity (Wildman–Crippen MR) is 333 cm³/mol. The van der Waals surface area contributed by atoms with Crippen LogP contribution >= 0.6 is 0 Å². The summed E-state index contributed by atoms with van der Waals surface area (Å²) in [7, 11) is 0. The first-order chi connectivity index (χ1) is 42.1. The van der Waals surface area contributed by atoms with E-state index in [2.05, 4.69) is 135 Å². The molecule has 0 atom stereocenters. The fourth-order valence-electron chi connectivity index (χ4n) is 12.4. The molecule has 4 heteroatoms. The van der Waals surface area contributed by atoms with Crippen LogP contribution in [-0.4, -0.2) is 8.80 Å². The molecule has 0 bridgehead atoms. The van der Waals surface area contributed by atoms with Crippen LogP contribution in [0.5, 0.6) is 0 Å². The Hall–Kier alpha value is -9.38. The van der Waals surface area contributed by atoms with Gasteiger partial charge in [0, 0.05) is 65.6 Å². The van der Waals surface area contributed by atoms with Crippen molar-refractivity contribution >= 4 is 110 Å². The molecular weight excluding hydrogens is 945 g/mol. The lowest BCUT2D eigenvalue weighted by molar-refractivity contribution is 0.590. The van der Waals surface area contributed by atoms with Gasteiger partial charge in [-0.2, -0.15) is 0 Å². The second kappa shape index (κ2) is 17.1. The van der Waals surface area contributed by atoms with Gasteiger partial charge >= 0.3 is 0 Å². The lowest BCUT2D eigenvalue weighted by Crippen LogP contribution is -2.15. The molecule has 374 valence electrons. The summed E-state index contributed by atoms with van der Waals surface area (Å²) in [6.45, 7) is 12.9. The van der Waals surface area contributed by atoms with Crippen molar-refractivity contribution in [1.82, 2.24) is 8.80 Å². The minimum Gasteiger partial charge on any atom is -0.309 e. The molecule has 0 N–H and O–H groups in total. The van der Waals surface area contributed by atoms with Gasteiger partial charge in [-0.3, -0.25) is 0 Å². The van der Waals surface area contributed by atoms with Crippen molar-refractivity contribution in [1.29, 1.82) is 0 Å². The molecule has 11 aromatic carbocycles. The number of fused-ring (bicyclic) bond motifs is 12. The summed E-state index contributed by atoms with van der Waals surface area (Å²) in [5, 5.41) is 7.45. The second-order valence-electron chi connectivity index (χ2n) is 22.6. The van der Waals surface area contributed by atoms with Gasteiger partial charge in [-0.25, -0.2) is 0 Å². The van der Waals surface area contributed by atoms with Crippen molar-refractivity contribution in [2.24, 2.45) is 0 Å². The highest BCUT2D eigenvalue weighted by Gasteiger charge is 2.30. The number of aromatic nitrogens is 2. The quantitative estimate of drug-likeness (QED) is 0.151. The van der Waals surface area contributed by atoms with Crippen molar-refractivity contribution in [2.75, 3.05) is 9.80 Å². The van der Waals surface area contributed by atoms with Crippen LogP contribution in [0, 0.1) is 0 Å². The molecule has 15 rings (SSSR count). The Bertz CT molecular complexity index is 5030. The zero-order valence-electron chi connectivity index (χ0n) is 54.1. The summed E-state index contributed by atoms with van der Waals surface area (Å²) < 4.78 is 97.1. The molecule has 0 saturated heterocycles. The Kier molecular flexibility index (Phi) is 8.00. The van der Waals surface area contributed by atoms with Crippen LogP contribution in [0.15, 0.2) is 242 Å². The van der Waals surface area contributed by atoms with E-state index in [4.69, 9.17) is 8.22 Å². The number of anilines is 6. The van der Waals surface area contributed by atoms with E-state index in [-0.39, 0.29) is 46.4 Å². The van der Waals surface area contributed by atoms with E-state index in [1.54, 1.807) is 0 Å². The summed E-state index contributed by atoms with van der Waals surface area (Å²) in [5.74, 6) is 0. The van der Waals surface area contributed by atoms with Crippen molar-refractivity contribution in [3.63, 3.8) is 0 Å². The zero-order chi connectivity index (χ0) is 61.3. The molecule has 0 amide bonds. The molecule has 4 nitrogen and oxygen atoms in total. The maximum atomic E-state index is 9.66. The SMILES string of the molecule is [2H]c1c([2H])c([2H])c(N(c2cc(C(C)(C)C)ccc2-c2ccccc2)c2ccc3c4cc5c(cc4n4c6ccccc6c2c34)c2ccc(N(c3cc(C(C)(C)C)ccc3-c3ccccc3)c3c([2H])c([2H])c([2H])c([2H])c3[2H])c3c4ccccc4n5c23)c([2H])c1[2H]. The van der Waals surface area contributed by atoms with Gasteiger partial charge in [-0.05, 0) is 106 Å². The van der Waals surface area contributed by atoms with E-state index >= 15 is 0 Å². The molecule has 0 saturated carbocycles. The number of rotatable bonds is 8. The van der Waals surface area contributed by atoms with Gasteiger partial charge in [-0.15, -0.1) is 0 Å². The van der Waals surface area contributed by atoms with E-state index in [1.807, 2.05) is 107 Å². The van der Waals surface area contributed by atoms with Crippen molar-refractivity contribution in [3.05, 3.63) is 254 Å². The van der Waals surface area contributed by atoms with Gasteiger partial charge < -0.3 is 18.6 Å². The van der Waals surface area contributed by atoms with Crippen LogP contribution in [0.1, 0.15) is 66.4 Å². The summed E-state index contributed by atoms with van der Waals surface area (Å²) in [6, 6.07) is 58.1. The highest BCUT2D eigenvalue weighted by Crippen LogP contribution is 2.53. The topological polar surface area (TPSA) is 15.3 Å². The molecule has 15 aromatic rings. The van der Waals surface area contributed by atoms with E-state index in [0.717, 1.165) is 110 Å². The van der Waals surface area contributed by atoms with Crippen molar-refractivity contribution in [3.8, 4) is 22.3 Å². The third kappa shape index (κ3) is 6.85. The largest absolute Gasteiger partial charge is 0.309 e. The first-order valence-corrected chi connectivity index (χ1v) is 26.6.